The van der Waals surface area contributed by atoms with Gasteiger partial charge in [-0.1, -0.05) is 55.3 Å². The average molecular weight is 297 g/mol. The van der Waals surface area contributed by atoms with Crippen LogP contribution in [0.3, 0.4) is 0 Å². The maximum absolute atomic E-state index is 13.0. The lowest BCUT2D eigenvalue weighted by Crippen LogP contribution is -1.95. The Morgan fingerprint density at radius 2 is 1.79 bits per heavy atom. The molecule has 2 aromatic rings. The van der Waals surface area contributed by atoms with E-state index < -0.39 is 0 Å². The Balaban J connectivity index is 2.25. The molecule has 0 fully saturated rings. The van der Waals surface area contributed by atoms with Gasteiger partial charge in [0.05, 0.1) is 5.38 Å². The highest BCUT2D eigenvalue weighted by Crippen LogP contribution is 2.34. The van der Waals surface area contributed by atoms with Crippen molar-refractivity contribution in [2.75, 3.05) is 0 Å². The second kappa shape index (κ2) is 6.40. The van der Waals surface area contributed by atoms with Crippen LogP contribution in [-0.2, 0) is 6.42 Å². The molecule has 0 radical (unpaired) electrons. The van der Waals surface area contributed by atoms with E-state index in [2.05, 4.69) is 19.1 Å². The fraction of sp³-hybridized carbons (Fsp3) is 0.250. The van der Waals surface area contributed by atoms with E-state index in [0.29, 0.717) is 5.02 Å². The number of halogens is 3. The first kappa shape index (κ1) is 14.4. The van der Waals surface area contributed by atoms with Gasteiger partial charge in [0.15, 0.2) is 0 Å². The van der Waals surface area contributed by atoms with Crippen LogP contribution in [0.5, 0.6) is 0 Å². The Labute approximate surface area is 123 Å². The van der Waals surface area contributed by atoms with Crippen molar-refractivity contribution in [1.82, 2.24) is 0 Å². The van der Waals surface area contributed by atoms with Crippen molar-refractivity contribution in [3.05, 3.63) is 70.0 Å². The molecule has 0 aliphatic carbocycles. The second-order valence-corrected chi connectivity index (χ2v) is 5.36. The minimum atomic E-state index is -0.358. The van der Waals surface area contributed by atoms with Crippen LogP contribution < -0.4 is 0 Å². The summed E-state index contributed by atoms with van der Waals surface area (Å²) in [5.74, 6) is -0.351. The van der Waals surface area contributed by atoms with Gasteiger partial charge in [0, 0.05) is 5.02 Å². The number of rotatable bonds is 4. The third kappa shape index (κ3) is 3.49. The summed E-state index contributed by atoms with van der Waals surface area (Å²) in [6.45, 7) is 2.15. The molecule has 0 heterocycles. The molecule has 0 aliphatic heterocycles. The summed E-state index contributed by atoms with van der Waals surface area (Å²) in [6, 6.07) is 12.5. The first-order valence-electron chi connectivity index (χ1n) is 6.29. The van der Waals surface area contributed by atoms with E-state index in [1.165, 1.54) is 17.7 Å². The summed E-state index contributed by atoms with van der Waals surface area (Å²) >= 11 is 12.4. The van der Waals surface area contributed by atoms with E-state index in [9.17, 15) is 4.39 Å². The fourth-order valence-corrected chi connectivity index (χ4v) is 2.70. The number of alkyl halides is 1. The predicted octanol–water partition coefficient (Wildman–Crippen LogP) is 5.76. The first-order valence-corrected chi connectivity index (χ1v) is 7.11. The molecule has 0 saturated carbocycles. The van der Waals surface area contributed by atoms with Gasteiger partial charge in [-0.2, -0.15) is 0 Å². The van der Waals surface area contributed by atoms with Crippen LogP contribution in [0.15, 0.2) is 42.5 Å². The van der Waals surface area contributed by atoms with Gasteiger partial charge in [-0.15, -0.1) is 11.6 Å². The summed E-state index contributed by atoms with van der Waals surface area (Å²) < 4.78 is 13.0. The molecular formula is C16H15Cl2F. The van der Waals surface area contributed by atoms with Crippen LogP contribution >= 0.6 is 23.2 Å². The van der Waals surface area contributed by atoms with E-state index in [-0.39, 0.29) is 11.2 Å². The monoisotopic (exact) mass is 296 g/mol. The highest BCUT2D eigenvalue weighted by Gasteiger charge is 2.14. The molecule has 100 valence electrons. The number of benzene rings is 2. The molecule has 0 saturated heterocycles. The number of aryl methyl sites for hydroxylation is 1. The van der Waals surface area contributed by atoms with Crippen molar-refractivity contribution < 1.29 is 4.39 Å². The van der Waals surface area contributed by atoms with E-state index in [0.717, 1.165) is 24.0 Å². The lowest BCUT2D eigenvalue weighted by atomic mass is 10.0. The van der Waals surface area contributed by atoms with E-state index in [4.69, 9.17) is 23.2 Å². The van der Waals surface area contributed by atoms with E-state index in [1.807, 2.05) is 12.1 Å². The third-order valence-corrected chi connectivity index (χ3v) is 3.86. The standard InChI is InChI=1S/C16H15Cl2F/c1-2-3-11-4-6-12(7-5-11)16(18)14-9-8-13(19)10-15(14)17/h4-10,16H,2-3H2,1H3. The highest BCUT2D eigenvalue weighted by atomic mass is 35.5. The largest absolute Gasteiger partial charge is 0.207 e. The third-order valence-electron chi connectivity index (χ3n) is 3.05. The Morgan fingerprint density at radius 3 is 2.37 bits per heavy atom. The van der Waals surface area contributed by atoms with Crippen LogP contribution in [0.4, 0.5) is 4.39 Å². The molecule has 3 heteroatoms. The van der Waals surface area contributed by atoms with Crippen molar-refractivity contribution in [3.8, 4) is 0 Å². The van der Waals surface area contributed by atoms with Crippen LogP contribution in [0.2, 0.25) is 5.02 Å². The lowest BCUT2D eigenvalue weighted by molar-refractivity contribution is 0.627. The SMILES string of the molecule is CCCc1ccc(C(Cl)c2ccc(F)cc2Cl)cc1. The van der Waals surface area contributed by atoms with Gasteiger partial charge in [0.2, 0.25) is 0 Å². The number of hydrogen-bond donors (Lipinski definition) is 0. The smallest absolute Gasteiger partial charge is 0.124 e. The van der Waals surface area contributed by atoms with Gasteiger partial charge in [-0.05, 0) is 35.2 Å². The number of hydrogen-bond acceptors (Lipinski definition) is 0. The van der Waals surface area contributed by atoms with Gasteiger partial charge in [0.25, 0.3) is 0 Å². The highest BCUT2D eigenvalue weighted by molar-refractivity contribution is 6.33. The van der Waals surface area contributed by atoms with E-state index >= 15 is 0 Å². The zero-order valence-electron chi connectivity index (χ0n) is 10.7. The molecule has 2 rings (SSSR count). The summed E-state index contributed by atoms with van der Waals surface area (Å²) in [5, 5.41) is 0.00131. The van der Waals surface area contributed by atoms with Crippen LogP contribution in [0.1, 0.15) is 35.4 Å². The Hall–Kier alpha value is -1.05. The Morgan fingerprint density at radius 1 is 1.11 bits per heavy atom. The maximum atomic E-state index is 13.0. The first-order chi connectivity index (χ1) is 9.11. The van der Waals surface area contributed by atoms with Crippen molar-refractivity contribution >= 4 is 23.2 Å². The van der Waals surface area contributed by atoms with Gasteiger partial charge in [-0.25, -0.2) is 4.39 Å². The normalized spacial score (nSPS) is 12.4. The molecular weight excluding hydrogens is 282 g/mol. The second-order valence-electron chi connectivity index (χ2n) is 4.52. The van der Waals surface area contributed by atoms with Crippen LogP contribution in [0, 0.1) is 5.82 Å². The molecule has 0 bridgehead atoms. The Bertz CT molecular complexity index is 549. The molecule has 2 aromatic carbocycles. The molecule has 0 aliphatic rings. The molecule has 0 aromatic heterocycles. The minimum Gasteiger partial charge on any atom is -0.207 e. The van der Waals surface area contributed by atoms with Gasteiger partial charge >= 0.3 is 0 Å². The van der Waals surface area contributed by atoms with Crippen molar-refractivity contribution in [1.29, 1.82) is 0 Å². The quantitative estimate of drug-likeness (QED) is 0.629. The Kier molecular flexibility index (Phi) is 4.84. The fourth-order valence-electron chi connectivity index (χ4n) is 2.03. The summed E-state index contributed by atoms with van der Waals surface area (Å²) in [5.41, 5.74) is 2.99. The molecule has 1 unspecified atom stereocenters. The molecule has 0 N–H and O–H groups in total. The van der Waals surface area contributed by atoms with Crippen LogP contribution in [0.25, 0.3) is 0 Å². The topological polar surface area (TPSA) is 0 Å². The predicted molar refractivity (Wildman–Crippen MR) is 79.5 cm³/mol. The lowest BCUT2D eigenvalue weighted by Gasteiger charge is -2.13. The minimum absolute atomic E-state index is 0.351. The van der Waals surface area contributed by atoms with Crippen molar-refractivity contribution in [3.63, 3.8) is 0 Å². The molecule has 1 atom stereocenters. The summed E-state index contributed by atoms with van der Waals surface area (Å²) in [4.78, 5) is 0. The van der Waals surface area contributed by atoms with Gasteiger partial charge in [-0.3, -0.25) is 0 Å². The molecule has 0 spiro atoms. The van der Waals surface area contributed by atoms with Gasteiger partial charge in [0.1, 0.15) is 5.82 Å². The van der Waals surface area contributed by atoms with Crippen molar-refractivity contribution in [2.45, 2.75) is 25.1 Å². The zero-order valence-corrected chi connectivity index (χ0v) is 12.2. The van der Waals surface area contributed by atoms with Gasteiger partial charge < -0.3 is 0 Å². The zero-order chi connectivity index (χ0) is 13.8. The summed E-state index contributed by atoms with van der Waals surface area (Å²) in [7, 11) is 0. The molecule has 0 nitrogen and oxygen atoms in total. The summed E-state index contributed by atoms with van der Waals surface area (Å²) in [6.07, 6.45) is 2.18. The van der Waals surface area contributed by atoms with E-state index in [1.54, 1.807) is 6.07 Å². The maximum Gasteiger partial charge on any atom is 0.124 e. The van der Waals surface area contributed by atoms with Crippen molar-refractivity contribution in [2.24, 2.45) is 0 Å². The molecule has 19 heavy (non-hydrogen) atoms. The molecule has 0 amide bonds. The van der Waals surface area contributed by atoms with Crippen LogP contribution in [-0.4, -0.2) is 0 Å². The average Bonchev–Trinajstić information content (AvgIpc) is 2.39.